The lowest BCUT2D eigenvalue weighted by Crippen LogP contribution is -1.93. The van der Waals surface area contributed by atoms with E-state index < -0.39 is 0 Å². The normalized spacial score (nSPS) is 11.0. The van der Waals surface area contributed by atoms with E-state index in [1.165, 1.54) is 0 Å². The van der Waals surface area contributed by atoms with Gasteiger partial charge < -0.3 is 8.94 Å². The Balaban J connectivity index is 1.40. The number of rotatable bonds is 6. The molecular weight excluding hydrogens is 444 g/mol. The van der Waals surface area contributed by atoms with Crippen molar-refractivity contribution >= 4 is 0 Å². The van der Waals surface area contributed by atoms with Crippen molar-refractivity contribution in [3.05, 3.63) is 132 Å². The Bertz CT molecular complexity index is 1600. The molecule has 0 saturated carbocycles. The van der Waals surface area contributed by atoms with Crippen LogP contribution in [0.2, 0.25) is 0 Å². The number of aryl methyl sites for hydroxylation is 1. The van der Waals surface area contributed by atoms with E-state index in [0.717, 1.165) is 56.3 Å². The first-order valence-electron chi connectivity index (χ1n) is 12.0. The van der Waals surface area contributed by atoms with Gasteiger partial charge in [0, 0.05) is 23.1 Å². The molecule has 2 aromatic heterocycles. The summed E-state index contributed by atoms with van der Waals surface area (Å²) in [7, 11) is 0. The van der Waals surface area contributed by atoms with Crippen LogP contribution in [0.15, 0.2) is 124 Å². The highest BCUT2D eigenvalue weighted by Gasteiger charge is 2.19. The maximum atomic E-state index is 6.31. The molecule has 36 heavy (non-hydrogen) atoms. The van der Waals surface area contributed by atoms with Crippen molar-refractivity contribution in [3.63, 3.8) is 0 Å². The van der Waals surface area contributed by atoms with Crippen molar-refractivity contribution in [1.29, 1.82) is 0 Å². The van der Waals surface area contributed by atoms with Crippen LogP contribution >= 0.6 is 0 Å². The summed E-state index contributed by atoms with van der Waals surface area (Å²) in [5.74, 6) is 2.19. The van der Waals surface area contributed by atoms with Crippen LogP contribution in [-0.2, 0) is 6.42 Å². The van der Waals surface area contributed by atoms with Gasteiger partial charge in [0.2, 0.25) is 5.89 Å². The molecule has 0 radical (unpaired) electrons. The van der Waals surface area contributed by atoms with Crippen LogP contribution in [0.25, 0.3) is 45.2 Å². The third kappa shape index (κ3) is 4.25. The third-order valence-electron chi connectivity index (χ3n) is 6.24. The van der Waals surface area contributed by atoms with Gasteiger partial charge in [0.15, 0.2) is 11.5 Å². The fraction of sp³-hybridized carbons (Fsp3) is 0.0625. The Morgan fingerprint density at radius 3 is 1.92 bits per heavy atom. The first kappa shape index (κ1) is 21.8. The molecule has 0 bridgehead atoms. The van der Waals surface area contributed by atoms with Gasteiger partial charge in [0.25, 0.3) is 0 Å². The molecule has 4 nitrogen and oxygen atoms in total. The number of oxazole rings is 1. The summed E-state index contributed by atoms with van der Waals surface area (Å²) >= 11 is 0. The Hall–Kier alpha value is -4.70. The maximum absolute atomic E-state index is 6.31. The van der Waals surface area contributed by atoms with Crippen molar-refractivity contribution in [2.45, 2.75) is 13.3 Å². The predicted molar refractivity (Wildman–Crippen MR) is 142 cm³/mol. The molecule has 0 spiro atoms. The lowest BCUT2D eigenvalue weighted by atomic mass is 9.97. The van der Waals surface area contributed by atoms with Crippen LogP contribution in [0.4, 0.5) is 0 Å². The molecule has 2 heterocycles. The van der Waals surface area contributed by atoms with E-state index in [1.807, 2.05) is 73.7 Å². The van der Waals surface area contributed by atoms with Gasteiger partial charge in [-0.05, 0) is 36.2 Å². The lowest BCUT2D eigenvalue weighted by molar-refractivity contribution is 0.427. The fourth-order valence-electron chi connectivity index (χ4n) is 4.52. The molecule has 0 fully saturated rings. The Kier molecular flexibility index (Phi) is 5.76. The predicted octanol–water partition coefficient (Wildman–Crippen LogP) is 8.23. The number of benzene rings is 4. The zero-order chi connectivity index (χ0) is 24.3. The molecule has 0 atom stereocenters. The summed E-state index contributed by atoms with van der Waals surface area (Å²) < 4.78 is 12.1. The zero-order valence-electron chi connectivity index (χ0n) is 19.9. The molecule has 0 N–H and O–H groups in total. The van der Waals surface area contributed by atoms with Crippen LogP contribution in [0, 0.1) is 6.92 Å². The second-order valence-electron chi connectivity index (χ2n) is 8.74. The van der Waals surface area contributed by atoms with Crippen molar-refractivity contribution in [2.24, 2.45) is 0 Å². The summed E-state index contributed by atoms with van der Waals surface area (Å²) in [4.78, 5) is 4.92. The number of aromatic nitrogens is 2. The molecule has 174 valence electrons. The minimum absolute atomic E-state index is 0.623. The molecule has 0 aliphatic rings. The van der Waals surface area contributed by atoms with Crippen molar-refractivity contribution in [1.82, 2.24) is 10.1 Å². The molecule has 6 rings (SSSR count). The molecule has 4 aromatic carbocycles. The molecule has 0 amide bonds. The van der Waals surface area contributed by atoms with E-state index in [0.29, 0.717) is 12.3 Å². The Morgan fingerprint density at radius 1 is 0.611 bits per heavy atom. The Labute approximate surface area is 209 Å². The molecule has 0 aliphatic carbocycles. The van der Waals surface area contributed by atoms with Gasteiger partial charge in [-0.3, -0.25) is 0 Å². The van der Waals surface area contributed by atoms with Crippen LogP contribution in [0.5, 0.6) is 0 Å². The van der Waals surface area contributed by atoms with Crippen LogP contribution in [0.3, 0.4) is 0 Å². The van der Waals surface area contributed by atoms with Crippen molar-refractivity contribution < 1.29 is 8.94 Å². The molecule has 0 unspecified atom stereocenters. The highest BCUT2D eigenvalue weighted by atomic mass is 16.5. The molecule has 0 saturated heterocycles. The van der Waals surface area contributed by atoms with Gasteiger partial charge in [-0.2, -0.15) is 0 Å². The average molecular weight is 469 g/mol. The second-order valence-corrected chi connectivity index (χ2v) is 8.74. The van der Waals surface area contributed by atoms with E-state index >= 15 is 0 Å². The number of hydrogen-bond acceptors (Lipinski definition) is 4. The minimum Gasteiger partial charge on any atom is -0.436 e. The van der Waals surface area contributed by atoms with E-state index in [9.17, 15) is 0 Å². The summed E-state index contributed by atoms with van der Waals surface area (Å²) in [6, 6.07) is 38.8. The number of hydrogen-bond donors (Lipinski definition) is 0. The van der Waals surface area contributed by atoms with Gasteiger partial charge in [0.1, 0.15) is 0 Å². The topological polar surface area (TPSA) is 52.1 Å². The Morgan fingerprint density at radius 2 is 1.22 bits per heavy atom. The van der Waals surface area contributed by atoms with Crippen LogP contribution < -0.4 is 0 Å². The standard InChI is InChI=1S/C32H24N2O2/c1-22-29(24-13-5-2-6-14-24)31(36-34-22)27-19-11-12-23(20-27)21-28-30(25-15-7-3-8-16-25)35-32(33-28)26-17-9-4-10-18-26/h2-20H,21H2,1H3. The van der Waals surface area contributed by atoms with Crippen molar-refractivity contribution in [3.8, 4) is 45.2 Å². The molecular formula is C32H24N2O2. The third-order valence-corrected chi connectivity index (χ3v) is 6.24. The smallest absolute Gasteiger partial charge is 0.227 e. The summed E-state index contributed by atoms with van der Waals surface area (Å²) in [6.07, 6.45) is 0.627. The quantitative estimate of drug-likeness (QED) is 0.247. The van der Waals surface area contributed by atoms with Gasteiger partial charge in [-0.25, -0.2) is 4.98 Å². The molecule has 0 aliphatic heterocycles. The molecule has 6 aromatic rings. The highest BCUT2D eigenvalue weighted by molar-refractivity contribution is 5.81. The highest BCUT2D eigenvalue weighted by Crippen LogP contribution is 2.36. The summed E-state index contributed by atoms with van der Waals surface area (Å²) in [5.41, 5.74) is 7.95. The van der Waals surface area contributed by atoms with Crippen molar-refractivity contribution in [2.75, 3.05) is 0 Å². The SMILES string of the molecule is Cc1noc(-c2cccc(Cc3nc(-c4ccccc4)oc3-c3ccccc3)c2)c1-c1ccccc1. The first-order valence-corrected chi connectivity index (χ1v) is 12.0. The lowest BCUT2D eigenvalue weighted by Gasteiger charge is -2.06. The summed E-state index contributed by atoms with van der Waals surface area (Å²) in [5, 5.41) is 4.27. The molecule has 4 heteroatoms. The number of nitrogens with zero attached hydrogens (tertiary/aromatic N) is 2. The van der Waals surface area contributed by atoms with E-state index in [2.05, 4.69) is 53.7 Å². The minimum atomic E-state index is 0.623. The zero-order valence-corrected chi connectivity index (χ0v) is 19.9. The van der Waals surface area contributed by atoms with E-state index in [1.54, 1.807) is 0 Å². The van der Waals surface area contributed by atoms with E-state index in [-0.39, 0.29) is 0 Å². The largest absolute Gasteiger partial charge is 0.436 e. The maximum Gasteiger partial charge on any atom is 0.227 e. The average Bonchev–Trinajstić information content (AvgIpc) is 3.54. The fourth-order valence-corrected chi connectivity index (χ4v) is 4.52. The second kappa shape index (κ2) is 9.51. The van der Waals surface area contributed by atoms with Gasteiger partial charge in [0.05, 0.1) is 17.0 Å². The van der Waals surface area contributed by atoms with E-state index in [4.69, 9.17) is 13.9 Å². The van der Waals surface area contributed by atoms with Gasteiger partial charge in [-0.1, -0.05) is 102 Å². The van der Waals surface area contributed by atoms with Crippen LogP contribution in [0.1, 0.15) is 17.0 Å². The van der Waals surface area contributed by atoms with Gasteiger partial charge in [-0.15, -0.1) is 0 Å². The summed E-state index contributed by atoms with van der Waals surface area (Å²) in [6.45, 7) is 1.98. The van der Waals surface area contributed by atoms with Gasteiger partial charge >= 0.3 is 0 Å². The monoisotopic (exact) mass is 468 g/mol. The van der Waals surface area contributed by atoms with Crippen LogP contribution in [-0.4, -0.2) is 10.1 Å². The first-order chi connectivity index (χ1) is 17.8.